The Labute approximate surface area is 119 Å². The smallest absolute Gasteiger partial charge is 0.356 e. The minimum absolute atomic E-state index is 0.112. The van der Waals surface area contributed by atoms with E-state index in [0.717, 1.165) is 0 Å². The number of carboxylic acids is 1. The van der Waals surface area contributed by atoms with E-state index in [4.69, 9.17) is 0 Å². The van der Waals surface area contributed by atoms with Gasteiger partial charge in [-0.15, -0.1) is 0 Å². The van der Waals surface area contributed by atoms with E-state index in [1.54, 1.807) is 24.3 Å². The van der Waals surface area contributed by atoms with Gasteiger partial charge in [0.05, 0.1) is 10.6 Å². The van der Waals surface area contributed by atoms with Crippen LogP contribution in [-0.2, 0) is 4.79 Å². The molecule has 7 nitrogen and oxygen atoms in total. The van der Waals surface area contributed by atoms with Gasteiger partial charge in [0.25, 0.3) is 5.69 Å². The van der Waals surface area contributed by atoms with Crippen molar-refractivity contribution < 1.29 is 14.8 Å². The Bertz CT molecular complexity index is 681. The number of benzene rings is 2. The fraction of sp³-hybridized carbons (Fsp3) is 0. The predicted octanol–water partition coefficient (Wildman–Crippen LogP) is 2.50. The van der Waals surface area contributed by atoms with Crippen molar-refractivity contribution in [2.75, 3.05) is 5.43 Å². The Morgan fingerprint density at radius 3 is 2.24 bits per heavy atom. The molecule has 0 heterocycles. The number of non-ortho nitro benzene ring substituents is 1. The molecule has 0 aromatic heterocycles. The van der Waals surface area contributed by atoms with Gasteiger partial charge in [-0.1, -0.05) is 18.2 Å². The van der Waals surface area contributed by atoms with Crippen molar-refractivity contribution >= 4 is 23.1 Å². The van der Waals surface area contributed by atoms with Crippen LogP contribution in [-0.4, -0.2) is 21.7 Å². The maximum Gasteiger partial charge on any atom is 0.356 e. The molecule has 0 saturated carbocycles. The van der Waals surface area contributed by atoms with Crippen LogP contribution in [0.3, 0.4) is 0 Å². The first-order chi connectivity index (χ1) is 10.1. The quantitative estimate of drug-likeness (QED) is 0.499. The summed E-state index contributed by atoms with van der Waals surface area (Å²) >= 11 is 0. The van der Waals surface area contributed by atoms with E-state index in [2.05, 4.69) is 10.5 Å². The molecular formula is C14H11N3O4. The highest BCUT2D eigenvalue weighted by atomic mass is 16.6. The third-order valence-electron chi connectivity index (χ3n) is 2.62. The summed E-state index contributed by atoms with van der Waals surface area (Å²) in [5.41, 5.74) is 3.21. The molecule has 0 unspecified atom stereocenters. The number of hydrogen-bond acceptors (Lipinski definition) is 5. The molecule has 0 fully saturated rings. The van der Waals surface area contributed by atoms with E-state index in [0.29, 0.717) is 5.69 Å². The Kier molecular flexibility index (Phi) is 4.25. The number of nitrogens with zero attached hydrogens (tertiary/aromatic N) is 2. The topological polar surface area (TPSA) is 105 Å². The number of rotatable bonds is 5. The molecule has 0 aliphatic carbocycles. The predicted molar refractivity (Wildman–Crippen MR) is 77.3 cm³/mol. The molecule has 0 atom stereocenters. The van der Waals surface area contributed by atoms with Gasteiger partial charge in [-0.2, -0.15) is 5.10 Å². The number of nitrogens with one attached hydrogen (secondary N) is 1. The molecule has 0 spiro atoms. The van der Waals surface area contributed by atoms with Crippen molar-refractivity contribution in [1.82, 2.24) is 0 Å². The zero-order valence-electron chi connectivity index (χ0n) is 10.8. The van der Waals surface area contributed by atoms with Gasteiger partial charge in [0.1, 0.15) is 0 Å². The lowest BCUT2D eigenvalue weighted by Crippen LogP contribution is -2.16. The molecule has 0 radical (unpaired) electrons. The molecule has 0 bridgehead atoms. The number of nitro groups is 1. The molecule has 2 rings (SSSR count). The monoisotopic (exact) mass is 285 g/mol. The standard InChI is InChI=1S/C14H11N3O4/c18-14(19)13(16-15-11-4-2-1-3-5-11)10-6-8-12(9-7-10)17(20)21/h1-9,15H,(H,18,19)/b16-13-. The van der Waals surface area contributed by atoms with Crippen LogP contribution < -0.4 is 5.43 Å². The number of nitro benzene ring substituents is 1. The average molecular weight is 285 g/mol. The number of carbonyl (C=O) groups is 1. The van der Waals surface area contributed by atoms with E-state index < -0.39 is 10.9 Å². The van der Waals surface area contributed by atoms with Crippen LogP contribution in [0.4, 0.5) is 11.4 Å². The number of anilines is 1. The Morgan fingerprint density at radius 1 is 1.10 bits per heavy atom. The molecule has 2 N–H and O–H groups in total. The van der Waals surface area contributed by atoms with Crippen molar-refractivity contribution in [2.45, 2.75) is 0 Å². The van der Waals surface area contributed by atoms with Crippen molar-refractivity contribution in [3.05, 3.63) is 70.3 Å². The summed E-state index contributed by atoms with van der Waals surface area (Å²) in [5, 5.41) is 23.6. The van der Waals surface area contributed by atoms with E-state index in [1.807, 2.05) is 6.07 Å². The maximum absolute atomic E-state index is 11.2. The number of carboxylic acid groups (broad SMARTS) is 1. The zero-order chi connectivity index (χ0) is 15.2. The Hall–Kier alpha value is -3.22. The second-order valence-electron chi connectivity index (χ2n) is 4.05. The van der Waals surface area contributed by atoms with Gasteiger partial charge >= 0.3 is 5.97 Å². The van der Waals surface area contributed by atoms with Gasteiger partial charge in [-0.25, -0.2) is 4.79 Å². The molecule has 2 aromatic rings. The number of para-hydroxylation sites is 1. The molecule has 21 heavy (non-hydrogen) atoms. The van der Waals surface area contributed by atoms with Gasteiger partial charge in [-0.05, 0) is 24.3 Å². The van der Waals surface area contributed by atoms with Crippen molar-refractivity contribution in [2.24, 2.45) is 5.10 Å². The molecule has 106 valence electrons. The summed E-state index contributed by atoms with van der Waals surface area (Å²) in [6, 6.07) is 14.0. The summed E-state index contributed by atoms with van der Waals surface area (Å²) in [7, 11) is 0. The van der Waals surface area contributed by atoms with Gasteiger partial charge in [0.2, 0.25) is 0 Å². The molecular weight excluding hydrogens is 274 g/mol. The van der Waals surface area contributed by atoms with Crippen LogP contribution in [0.1, 0.15) is 5.56 Å². The van der Waals surface area contributed by atoms with Gasteiger partial charge in [-0.3, -0.25) is 15.5 Å². The normalized spacial score (nSPS) is 11.0. The van der Waals surface area contributed by atoms with Gasteiger partial charge in [0, 0.05) is 17.7 Å². The molecule has 0 saturated heterocycles. The summed E-state index contributed by atoms with van der Waals surface area (Å²) in [6.45, 7) is 0. The zero-order valence-corrected chi connectivity index (χ0v) is 10.8. The lowest BCUT2D eigenvalue weighted by molar-refractivity contribution is -0.384. The molecule has 7 heteroatoms. The summed E-state index contributed by atoms with van der Waals surface area (Å²) in [6.07, 6.45) is 0. The third-order valence-corrected chi connectivity index (χ3v) is 2.62. The Balaban J connectivity index is 2.26. The van der Waals surface area contributed by atoms with Crippen LogP contribution in [0, 0.1) is 10.1 Å². The first-order valence-corrected chi connectivity index (χ1v) is 5.95. The number of hydrazone groups is 1. The van der Waals surface area contributed by atoms with Crippen LogP contribution in [0.15, 0.2) is 59.7 Å². The first-order valence-electron chi connectivity index (χ1n) is 5.95. The molecule has 2 aromatic carbocycles. The number of aliphatic carboxylic acids is 1. The van der Waals surface area contributed by atoms with Crippen LogP contribution in [0.5, 0.6) is 0 Å². The summed E-state index contributed by atoms with van der Waals surface area (Å²) in [4.78, 5) is 21.3. The maximum atomic E-state index is 11.2. The van der Waals surface area contributed by atoms with Crippen molar-refractivity contribution in [3.63, 3.8) is 0 Å². The largest absolute Gasteiger partial charge is 0.476 e. The van der Waals surface area contributed by atoms with Crippen LogP contribution in [0.2, 0.25) is 0 Å². The lowest BCUT2D eigenvalue weighted by atomic mass is 10.1. The van der Waals surface area contributed by atoms with E-state index in [9.17, 15) is 20.0 Å². The first kappa shape index (κ1) is 14.2. The van der Waals surface area contributed by atoms with E-state index >= 15 is 0 Å². The van der Waals surface area contributed by atoms with Crippen molar-refractivity contribution in [1.29, 1.82) is 0 Å². The highest BCUT2D eigenvalue weighted by Gasteiger charge is 2.14. The minimum Gasteiger partial charge on any atom is -0.476 e. The summed E-state index contributed by atoms with van der Waals surface area (Å²) in [5.74, 6) is -1.23. The van der Waals surface area contributed by atoms with Gasteiger partial charge < -0.3 is 5.11 Å². The lowest BCUT2D eigenvalue weighted by Gasteiger charge is -2.04. The van der Waals surface area contributed by atoms with E-state index in [-0.39, 0.29) is 17.0 Å². The highest BCUT2D eigenvalue weighted by Crippen LogP contribution is 2.13. The Morgan fingerprint density at radius 2 is 1.71 bits per heavy atom. The molecule has 0 aliphatic rings. The van der Waals surface area contributed by atoms with E-state index in [1.165, 1.54) is 24.3 Å². The molecule has 0 aliphatic heterocycles. The number of hydrogen-bond donors (Lipinski definition) is 2. The summed E-state index contributed by atoms with van der Waals surface area (Å²) < 4.78 is 0. The minimum atomic E-state index is -1.23. The highest BCUT2D eigenvalue weighted by molar-refractivity contribution is 6.42. The van der Waals surface area contributed by atoms with Crippen LogP contribution >= 0.6 is 0 Å². The molecule has 0 amide bonds. The van der Waals surface area contributed by atoms with Crippen LogP contribution in [0.25, 0.3) is 0 Å². The second-order valence-corrected chi connectivity index (χ2v) is 4.05. The fourth-order valence-electron chi connectivity index (χ4n) is 1.61. The fourth-order valence-corrected chi connectivity index (χ4v) is 1.61. The SMILES string of the molecule is O=C(O)/C(=N\Nc1ccccc1)c1ccc([N+](=O)[O-])cc1. The average Bonchev–Trinajstić information content (AvgIpc) is 2.48. The second kappa shape index (κ2) is 6.29. The third kappa shape index (κ3) is 3.63. The van der Waals surface area contributed by atoms with Gasteiger partial charge in [0.15, 0.2) is 5.71 Å². The van der Waals surface area contributed by atoms with Crippen molar-refractivity contribution in [3.8, 4) is 0 Å².